The van der Waals surface area contributed by atoms with Gasteiger partial charge in [0.2, 0.25) is 11.8 Å². The maximum Gasteiger partial charge on any atom is 0.239 e. The molecule has 4 nitrogen and oxygen atoms in total. The van der Waals surface area contributed by atoms with Gasteiger partial charge < -0.3 is 10.6 Å². The second-order valence-electron chi connectivity index (χ2n) is 6.41. The maximum absolute atomic E-state index is 13.2. The van der Waals surface area contributed by atoms with Crippen LogP contribution in [0.5, 0.6) is 0 Å². The lowest BCUT2D eigenvalue weighted by molar-refractivity contribution is -0.135. The van der Waals surface area contributed by atoms with Gasteiger partial charge in [0.25, 0.3) is 0 Å². The standard InChI is InChI=1S/C19H20F2N2O2/c1-11-6-5-7-16(12(11)2)23-18(25)19(3,4)17(24)22-13-8-9-14(20)15(21)10-13/h5-10H,1-4H3,(H,22,24)(H,23,25). The van der Waals surface area contributed by atoms with Crippen molar-refractivity contribution in [2.24, 2.45) is 5.41 Å². The zero-order valence-corrected chi connectivity index (χ0v) is 14.5. The van der Waals surface area contributed by atoms with Crippen molar-refractivity contribution in [1.82, 2.24) is 0 Å². The summed E-state index contributed by atoms with van der Waals surface area (Å²) in [5.41, 5.74) is 1.21. The Hall–Kier alpha value is -2.76. The Morgan fingerprint density at radius 2 is 1.56 bits per heavy atom. The molecule has 0 aliphatic heterocycles. The van der Waals surface area contributed by atoms with Crippen LogP contribution in [0.1, 0.15) is 25.0 Å². The van der Waals surface area contributed by atoms with E-state index in [4.69, 9.17) is 0 Å². The highest BCUT2D eigenvalue weighted by molar-refractivity contribution is 6.14. The van der Waals surface area contributed by atoms with Crippen LogP contribution in [0, 0.1) is 30.9 Å². The number of nitrogens with one attached hydrogen (secondary N) is 2. The van der Waals surface area contributed by atoms with Crippen molar-refractivity contribution in [1.29, 1.82) is 0 Å². The van der Waals surface area contributed by atoms with Crippen LogP contribution in [0.15, 0.2) is 36.4 Å². The molecule has 0 bridgehead atoms. The Bertz CT molecular complexity index is 832. The molecule has 2 aromatic rings. The van der Waals surface area contributed by atoms with Crippen LogP contribution in [0.4, 0.5) is 20.2 Å². The molecule has 25 heavy (non-hydrogen) atoms. The molecule has 0 saturated carbocycles. The topological polar surface area (TPSA) is 58.2 Å². The third kappa shape index (κ3) is 4.02. The maximum atomic E-state index is 13.2. The third-order valence-corrected chi connectivity index (χ3v) is 4.17. The van der Waals surface area contributed by atoms with Crippen LogP contribution < -0.4 is 10.6 Å². The molecule has 0 fully saturated rings. The number of carbonyl (C=O) groups is 2. The summed E-state index contributed by atoms with van der Waals surface area (Å²) in [6.45, 7) is 6.72. The monoisotopic (exact) mass is 346 g/mol. The first-order chi connectivity index (χ1) is 11.6. The summed E-state index contributed by atoms with van der Waals surface area (Å²) in [5, 5.41) is 5.18. The van der Waals surface area contributed by atoms with Crippen molar-refractivity contribution in [3.05, 3.63) is 59.2 Å². The summed E-state index contributed by atoms with van der Waals surface area (Å²) in [6, 6.07) is 8.50. The van der Waals surface area contributed by atoms with E-state index in [-0.39, 0.29) is 5.69 Å². The second-order valence-corrected chi connectivity index (χ2v) is 6.41. The van der Waals surface area contributed by atoms with Crippen molar-refractivity contribution in [3.8, 4) is 0 Å². The van der Waals surface area contributed by atoms with Crippen molar-refractivity contribution in [3.63, 3.8) is 0 Å². The summed E-state index contributed by atoms with van der Waals surface area (Å²) in [7, 11) is 0. The normalized spacial score (nSPS) is 11.1. The van der Waals surface area contributed by atoms with E-state index >= 15 is 0 Å². The minimum absolute atomic E-state index is 0.0801. The molecule has 2 aromatic carbocycles. The number of benzene rings is 2. The van der Waals surface area contributed by atoms with E-state index in [1.54, 1.807) is 6.07 Å². The van der Waals surface area contributed by atoms with E-state index in [1.807, 2.05) is 26.0 Å². The molecule has 0 saturated heterocycles. The van der Waals surface area contributed by atoms with Crippen LogP contribution >= 0.6 is 0 Å². The zero-order chi connectivity index (χ0) is 18.8. The second kappa shape index (κ2) is 7.01. The largest absolute Gasteiger partial charge is 0.325 e. The molecule has 2 N–H and O–H groups in total. The van der Waals surface area contributed by atoms with E-state index in [1.165, 1.54) is 19.9 Å². The molecule has 0 aromatic heterocycles. The van der Waals surface area contributed by atoms with Crippen LogP contribution in [0.2, 0.25) is 0 Å². The Kier molecular flexibility index (Phi) is 5.21. The van der Waals surface area contributed by atoms with E-state index in [2.05, 4.69) is 10.6 Å². The number of amides is 2. The van der Waals surface area contributed by atoms with Crippen molar-refractivity contribution in [2.45, 2.75) is 27.7 Å². The quantitative estimate of drug-likeness (QED) is 0.816. The Balaban J connectivity index is 2.15. The Labute approximate surface area is 145 Å². The highest BCUT2D eigenvalue weighted by atomic mass is 19.2. The predicted molar refractivity (Wildman–Crippen MR) is 93.3 cm³/mol. The molecule has 2 rings (SSSR count). The van der Waals surface area contributed by atoms with Crippen LogP contribution in [0.3, 0.4) is 0 Å². The minimum Gasteiger partial charge on any atom is -0.325 e. The smallest absolute Gasteiger partial charge is 0.239 e. The summed E-state index contributed by atoms with van der Waals surface area (Å²) in [4.78, 5) is 25.0. The van der Waals surface area contributed by atoms with Gasteiger partial charge in [-0.05, 0) is 57.0 Å². The van der Waals surface area contributed by atoms with Gasteiger partial charge in [0, 0.05) is 17.4 Å². The fourth-order valence-corrected chi connectivity index (χ4v) is 2.13. The molecule has 132 valence electrons. The number of halogens is 2. The number of aryl methyl sites for hydroxylation is 1. The molecule has 0 radical (unpaired) electrons. The summed E-state index contributed by atoms with van der Waals surface area (Å²) in [6.07, 6.45) is 0. The average Bonchev–Trinajstić information content (AvgIpc) is 2.55. The SMILES string of the molecule is Cc1cccc(NC(=O)C(C)(C)C(=O)Nc2ccc(F)c(F)c2)c1C. The number of rotatable bonds is 4. The summed E-state index contributed by atoms with van der Waals surface area (Å²) < 4.78 is 26.2. The Morgan fingerprint density at radius 1 is 0.920 bits per heavy atom. The van der Waals surface area contributed by atoms with E-state index in [0.29, 0.717) is 5.69 Å². The lowest BCUT2D eigenvalue weighted by atomic mass is 9.90. The first kappa shape index (κ1) is 18.6. The van der Waals surface area contributed by atoms with E-state index < -0.39 is 28.9 Å². The molecule has 2 amide bonds. The molecule has 0 aliphatic carbocycles. The highest BCUT2D eigenvalue weighted by Gasteiger charge is 2.36. The molecule has 0 atom stereocenters. The van der Waals surface area contributed by atoms with Crippen molar-refractivity contribution >= 4 is 23.2 Å². The Morgan fingerprint density at radius 3 is 2.20 bits per heavy atom. The van der Waals surface area contributed by atoms with Gasteiger partial charge in [0.1, 0.15) is 5.41 Å². The van der Waals surface area contributed by atoms with Gasteiger partial charge in [-0.15, -0.1) is 0 Å². The third-order valence-electron chi connectivity index (χ3n) is 4.17. The average molecular weight is 346 g/mol. The van der Waals surface area contributed by atoms with Gasteiger partial charge in [-0.2, -0.15) is 0 Å². The van der Waals surface area contributed by atoms with Gasteiger partial charge in [-0.3, -0.25) is 9.59 Å². The fraction of sp³-hybridized carbons (Fsp3) is 0.263. The predicted octanol–water partition coefficient (Wildman–Crippen LogP) is 4.19. The molecule has 0 spiro atoms. The zero-order valence-electron chi connectivity index (χ0n) is 14.5. The van der Waals surface area contributed by atoms with Gasteiger partial charge in [-0.1, -0.05) is 12.1 Å². The molecular weight excluding hydrogens is 326 g/mol. The first-order valence-electron chi connectivity index (χ1n) is 7.77. The lowest BCUT2D eigenvalue weighted by Crippen LogP contribution is -2.41. The summed E-state index contributed by atoms with van der Waals surface area (Å²) in [5.74, 6) is -3.21. The van der Waals surface area contributed by atoms with Crippen molar-refractivity contribution in [2.75, 3.05) is 10.6 Å². The molecule has 0 heterocycles. The van der Waals surface area contributed by atoms with Crippen LogP contribution in [0.25, 0.3) is 0 Å². The number of hydrogen-bond donors (Lipinski definition) is 2. The van der Waals surface area contributed by atoms with E-state index in [0.717, 1.165) is 23.3 Å². The highest BCUT2D eigenvalue weighted by Crippen LogP contribution is 2.24. The van der Waals surface area contributed by atoms with Crippen molar-refractivity contribution < 1.29 is 18.4 Å². The number of carbonyl (C=O) groups excluding carboxylic acids is 2. The number of hydrogen-bond acceptors (Lipinski definition) is 2. The van der Waals surface area contributed by atoms with Gasteiger partial charge in [0.15, 0.2) is 11.6 Å². The summed E-state index contributed by atoms with van der Waals surface area (Å²) >= 11 is 0. The molecular formula is C19H20F2N2O2. The molecule has 0 unspecified atom stereocenters. The lowest BCUT2D eigenvalue weighted by Gasteiger charge is -2.23. The minimum atomic E-state index is -1.42. The first-order valence-corrected chi connectivity index (χ1v) is 7.77. The van der Waals surface area contributed by atoms with E-state index in [9.17, 15) is 18.4 Å². The number of anilines is 2. The van der Waals surface area contributed by atoms with Gasteiger partial charge in [-0.25, -0.2) is 8.78 Å². The van der Waals surface area contributed by atoms with Crippen LogP contribution in [-0.4, -0.2) is 11.8 Å². The molecule has 6 heteroatoms. The van der Waals surface area contributed by atoms with Gasteiger partial charge in [0.05, 0.1) is 0 Å². The fourth-order valence-electron chi connectivity index (χ4n) is 2.13. The van der Waals surface area contributed by atoms with Gasteiger partial charge >= 0.3 is 0 Å². The van der Waals surface area contributed by atoms with Crippen LogP contribution in [-0.2, 0) is 9.59 Å². The molecule has 0 aliphatic rings.